The Morgan fingerprint density at radius 3 is 2.86 bits per heavy atom. The number of benzene rings is 1. The molecule has 0 spiro atoms. The van der Waals surface area contributed by atoms with Gasteiger partial charge in [0.15, 0.2) is 0 Å². The number of nitrogens with one attached hydrogen (secondary N) is 1. The quantitative estimate of drug-likeness (QED) is 0.729. The number of thiazole rings is 1. The Morgan fingerprint density at radius 1 is 1.33 bits per heavy atom. The van der Waals surface area contributed by atoms with Crippen LogP contribution in [-0.2, 0) is 19.6 Å². The van der Waals surface area contributed by atoms with E-state index in [-0.39, 0.29) is 0 Å². The molecule has 0 radical (unpaired) electrons. The summed E-state index contributed by atoms with van der Waals surface area (Å²) in [7, 11) is 0. The maximum atomic E-state index is 6.27. The molecule has 2 rings (SSSR count). The molecule has 0 aliphatic heterocycles. The van der Waals surface area contributed by atoms with E-state index in [0.29, 0.717) is 17.4 Å². The van der Waals surface area contributed by atoms with Gasteiger partial charge in [-0.2, -0.15) is 0 Å². The minimum atomic E-state index is 0.462. The van der Waals surface area contributed by atoms with Crippen LogP contribution in [0.25, 0.3) is 0 Å². The third-order valence-corrected chi connectivity index (χ3v) is 4.37. The highest BCUT2D eigenvalue weighted by molar-refractivity contribution is 7.09. The molecule has 3 nitrogen and oxygen atoms in total. The summed E-state index contributed by atoms with van der Waals surface area (Å²) >= 11 is 7.94. The maximum absolute atomic E-state index is 6.27. The molecule has 0 saturated carbocycles. The van der Waals surface area contributed by atoms with Crippen LogP contribution >= 0.6 is 22.9 Å². The number of nitrogens with zero attached hydrogens (tertiary/aromatic N) is 1. The van der Waals surface area contributed by atoms with E-state index in [4.69, 9.17) is 16.3 Å². The lowest BCUT2D eigenvalue weighted by Crippen LogP contribution is -2.13. The van der Waals surface area contributed by atoms with E-state index in [9.17, 15) is 0 Å². The molecule has 114 valence electrons. The van der Waals surface area contributed by atoms with Crippen molar-refractivity contribution in [3.63, 3.8) is 0 Å². The van der Waals surface area contributed by atoms with Crippen molar-refractivity contribution in [3.05, 3.63) is 44.9 Å². The van der Waals surface area contributed by atoms with E-state index >= 15 is 0 Å². The van der Waals surface area contributed by atoms with Crippen LogP contribution in [0.5, 0.6) is 5.75 Å². The van der Waals surface area contributed by atoms with E-state index in [1.54, 1.807) is 11.3 Å². The van der Waals surface area contributed by atoms with Crippen molar-refractivity contribution in [2.75, 3.05) is 6.54 Å². The normalized spacial score (nSPS) is 10.8. The summed E-state index contributed by atoms with van der Waals surface area (Å²) in [4.78, 5) is 4.48. The first-order valence-electron chi connectivity index (χ1n) is 7.28. The van der Waals surface area contributed by atoms with Crippen molar-refractivity contribution in [2.24, 2.45) is 0 Å². The summed E-state index contributed by atoms with van der Waals surface area (Å²) in [6.45, 7) is 6.56. The number of hydrogen-bond acceptors (Lipinski definition) is 4. The van der Waals surface area contributed by atoms with Crippen molar-refractivity contribution >= 4 is 22.9 Å². The molecule has 0 amide bonds. The summed E-state index contributed by atoms with van der Waals surface area (Å²) in [5.41, 5.74) is 2.13. The van der Waals surface area contributed by atoms with E-state index in [1.807, 2.05) is 23.6 Å². The number of aryl methyl sites for hydroxylation is 1. The molecule has 0 atom stereocenters. The molecule has 0 unspecified atom stereocenters. The zero-order valence-corrected chi connectivity index (χ0v) is 14.1. The molecule has 0 saturated heterocycles. The molecule has 1 aromatic carbocycles. The fraction of sp³-hybridized carbons (Fsp3) is 0.438. The number of hydrogen-bond donors (Lipinski definition) is 1. The molecule has 1 aromatic heterocycles. The minimum absolute atomic E-state index is 0.462. The average molecular weight is 325 g/mol. The Bertz CT molecular complexity index is 571. The molecule has 5 heteroatoms. The van der Waals surface area contributed by atoms with Gasteiger partial charge in [0.25, 0.3) is 0 Å². The first kappa shape index (κ1) is 16.3. The predicted molar refractivity (Wildman–Crippen MR) is 89.3 cm³/mol. The summed E-state index contributed by atoms with van der Waals surface area (Å²) < 4.78 is 5.75. The largest absolute Gasteiger partial charge is 0.486 e. The topological polar surface area (TPSA) is 34.1 Å². The van der Waals surface area contributed by atoms with Gasteiger partial charge in [0.05, 0.1) is 15.7 Å². The Hall–Kier alpha value is -1.10. The highest BCUT2D eigenvalue weighted by Crippen LogP contribution is 2.26. The third-order valence-electron chi connectivity index (χ3n) is 3.03. The predicted octanol–water partition coefficient (Wildman–Crippen LogP) is 4.44. The molecule has 1 N–H and O–H groups in total. The molecule has 2 aromatic rings. The first-order valence-corrected chi connectivity index (χ1v) is 8.54. The monoisotopic (exact) mass is 324 g/mol. The first-order chi connectivity index (χ1) is 10.2. The van der Waals surface area contributed by atoms with E-state index in [0.717, 1.165) is 36.6 Å². The van der Waals surface area contributed by atoms with Crippen LogP contribution < -0.4 is 10.1 Å². The van der Waals surface area contributed by atoms with Crippen LogP contribution in [0.4, 0.5) is 0 Å². The zero-order valence-electron chi connectivity index (χ0n) is 12.5. The minimum Gasteiger partial charge on any atom is -0.486 e. The van der Waals surface area contributed by atoms with Gasteiger partial charge in [-0.05, 0) is 37.1 Å². The fourth-order valence-electron chi connectivity index (χ4n) is 1.91. The van der Waals surface area contributed by atoms with Crippen LogP contribution in [0.3, 0.4) is 0 Å². The van der Waals surface area contributed by atoms with Gasteiger partial charge in [0.2, 0.25) is 0 Å². The van der Waals surface area contributed by atoms with Gasteiger partial charge in [-0.1, -0.05) is 31.5 Å². The molecule has 0 aliphatic carbocycles. The zero-order chi connectivity index (χ0) is 15.1. The van der Waals surface area contributed by atoms with Crippen LogP contribution in [0.2, 0.25) is 5.02 Å². The van der Waals surface area contributed by atoms with Gasteiger partial charge in [-0.25, -0.2) is 4.98 Å². The van der Waals surface area contributed by atoms with Gasteiger partial charge in [0, 0.05) is 11.9 Å². The van der Waals surface area contributed by atoms with Crippen molar-refractivity contribution in [2.45, 2.75) is 39.8 Å². The average Bonchev–Trinajstić information content (AvgIpc) is 2.95. The van der Waals surface area contributed by atoms with Crippen molar-refractivity contribution in [3.8, 4) is 5.75 Å². The summed E-state index contributed by atoms with van der Waals surface area (Å²) in [5, 5.41) is 7.18. The van der Waals surface area contributed by atoms with Crippen LogP contribution in [-0.4, -0.2) is 11.5 Å². The molecule has 21 heavy (non-hydrogen) atoms. The molecule has 0 aliphatic rings. The second kappa shape index (κ2) is 8.37. The van der Waals surface area contributed by atoms with E-state index in [1.165, 1.54) is 5.56 Å². The SMILES string of the molecule is CCCNCc1ccc(OCc2csc(CC)n2)c(Cl)c1. The van der Waals surface area contributed by atoms with Gasteiger partial charge < -0.3 is 10.1 Å². The van der Waals surface area contributed by atoms with Gasteiger partial charge >= 0.3 is 0 Å². The second-order valence-corrected chi connectivity index (χ2v) is 6.17. The van der Waals surface area contributed by atoms with Gasteiger partial charge in [-0.15, -0.1) is 11.3 Å². The molecule has 0 fully saturated rings. The Morgan fingerprint density at radius 2 is 2.19 bits per heavy atom. The van der Waals surface area contributed by atoms with Crippen LogP contribution in [0.15, 0.2) is 23.6 Å². The smallest absolute Gasteiger partial charge is 0.138 e. The molecule has 0 bridgehead atoms. The number of ether oxygens (including phenoxy) is 1. The second-order valence-electron chi connectivity index (χ2n) is 4.82. The fourth-order valence-corrected chi connectivity index (χ4v) is 2.90. The number of aromatic nitrogens is 1. The van der Waals surface area contributed by atoms with E-state index in [2.05, 4.69) is 24.1 Å². The van der Waals surface area contributed by atoms with Crippen molar-refractivity contribution < 1.29 is 4.74 Å². The maximum Gasteiger partial charge on any atom is 0.138 e. The summed E-state index contributed by atoms with van der Waals surface area (Å²) in [5.74, 6) is 0.710. The number of rotatable bonds is 8. The molecular formula is C16H21ClN2OS. The standard InChI is InChI=1S/C16H21ClN2OS/c1-3-7-18-9-12-5-6-15(14(17)8-12)20-10-13-11-21-16(4-2)19-13/h5-6,8,11,18H,3-4,7,9-10H2,1-2H3. The lowest BCUT2D eigenvalue weighted by molar-refractivity contribution is 0.302. The summed E-state index contributed by atoms with van der Waals surface area (Å²) in [6, 6.07) is 5.93. The van der Waals surface area contributed by atoms with Crippen LogP contribution in [0, 0.1) is 0 Å². The van der Waals surface area contributed by atoms with Gasteiger partial charge in [-0.3, -0.25) is 0 Å². The van der Waals surface area contributed by atoms with Crippen LogP contribution in [0.1, 0.15) is 36.5 Å². The van der Waals surface area contributed by atoms with Gasteiger partial charge in [0.1, 0.15) is 12.4 Å². The van der Waals surface area contributed by atoms with Crippen molar-refractivity contribution in [1.29, 1.82) is 0 Å². The third kappa shape index (κ3) is 4.99. The Kier molecular flexibility index (Phi) is 6.49. The Balaban J connectivity index is 1.91. The lowest BCUT2D eigenvalue weighted by atomic mass is 10.2. The Labute approximate surface area is 135 Å². The van der Waals surface area contributed by atoms with Crippen molar-refractivity contribution in [1.82, 2.24) is 10.3 Å². The highest BCUT2D eigenvalue weighted by atomic mass is 35.5. The molecular weight excluding hydrogens is 304 g/mol. The lowest BCUT2D eigenvalue weighted by Gasteiger charge is -2.09. The molecule has 1 heterocycles. The number of halogens is 1. The van der Waals surface area contributed by atoms with E-state index < -0.39 is 0 Å². The highest BCUT2D eigenvalue weighted by Gasteiger charge is 2.06. The summed E-state index contributed by atoms with van der Waals surface area (Å²) in [6.07, 6.45) is 2.09.